The molecule has 0 aliphatic heterocycles. The molecular formula is C19H15ClF3NO2Se. The first kappa shape index (κ1) is 19.8. The molecule has 1 heterocycles. The van der Waals surface area contributed by atoms with Gasteiger partial charge in [0.15, 0.2) is 0 Å². The molecule has 0 saturated heterocycles. The summed E-state index contributed by atoms with van der Waals surface area (Å²) in [4.78, 5) is 13.0. The summed E-state index contributed by atoms with van der Waals surface area (Å²) < 4.78 is 45.1. The van der Waals surface area contributed by atoms with Gasteiger partial charge in [-0.1, -0.05) is 0 Å². The van der Waals surface area contributed by atoms with Crippen molar-refractivity contribution in [2.75, 3.05) is 7.11 Å². The van der Waals surface area contributed by atoms with Gasteiger partial charge in [0.1, 0.15) is 0 Å². The summed E-state index contributed by atoms with van der Waals surface area (Å²) in [5.74, 6) is 0.212. The van der Waals surface area contributed by atoms with Gasteiger partial charge in [-0.3, -0.25) is 0 Å². The van der Waals surface area contributed by atoms with Gasteiger partial charge in [-0.2, -0.15) is 0 Å². The Labute approximate surface area is 165 Å². The molecule has 0 N–H and O–H groups in total. The molecular weight excluding hydrogens is 446 g/mol. The molecule has 8 heteroatoms. The number of rotatable bonds is 4. The number of benzene rings is 2. The minimum absolute atomic E-state index is 0.146. The van der Waals surface area contributed by atoms with Crippen molar-refractivity contribution in [1.82, 2.24) is 4.57 Å². The van der Waals surface area contributed by atoms with E-state index in [2.05, 4.69) is 0 Å². The van der Waals surface area contributed by atoms with E-state index in [1.165, 1.54) is 11.7 Å². The third-order valence-electron chi connectivity index (χ3n) is 4.22. The summed E-state index contributed by atoms with van der Waals surface area (Å²) in [5, 5.41) is -3.26. The van der Waals surface area contributed by atoms with Gasteiger partial charge in [0, 0.05) is 0 Å². The van der Waals surface area contributed by atoms with E-state index in [1.807, 2.05) is 0 Å². The molecule has 142 valence electrons. The number of alkyl halides is 3. The molecule has 0 bridgehead atoms. The molecule has 0 spiro atoms. The predicted molar refractivity (Wildman–Crippen MR) is 99.9 cm³/mol. The van der Waals surface area contributed by atoms with E-state index in [0.29, 0.717) is 38.5 Å². The Hall–Kier alpha value is -1.95. The fraction of sp³-hybridized carbons (Fsp3) is 0.211. The summed E-state index contributed by atoms with van der Waals surface area (Å²) in [7, 11) is 1.49. The van der Waals surface area contributed by atoms with Crippen molar-refractivity contribution in [1.29, 1.82) is 0 Å². The number of carbonyl (C=O) groups is 1. The average Bonchev–Trinajstić information content (AvgIpc) is 2.89. The Morgan fingerprint density at radius 1 is 1.19 bits per heavy atom. The SMILES string of the molecule is COc1ccc2c(c1)c(C[Se]C(F)(F)F)c(C)n2C(=O)c1ccc(Cl)cc1. The van der Waals surface area contributed by atoms with E-state index in [9.17, 15) is 18.0 Å². The molecule has 0 atom stereocenters. The van der Waals surface area contributed by atoms with Crippen LogP contribution in [0.2, 0.25) is 5.02 Å². The molecule has 3 aromatic rings. The van der Waals surface area contributed by atoms with Gasteiger partial charge in [0.2, 0.25) is 0 Å². The van der Waals surface area contributed by atoms with Crippen LogP contribution in [-0.4, -0.2) is 37.6 Å². The van der Waals surface area contributed by atoms with E-state index in [1.54, 1.807) is 49.4 Å². The van der Waals surface area contributed by atoms with Gasteiger partial charge in [-0.05, 0) is 0 Å². The Morgan fingerprint density at radius 3 is 2.44 bits per heavy atom. The van der Waals surface area contributed by atoms with Gasteiger partial charge in [0.05, 0.1) is 0 Å². The zero-order valence-electron chi connectivity index (χ0n) is 14.4. The average molecular weight is 461 g/mol. The maximum atomic E-state index is 13.0. The number of nitrogens with zero attached hydrogens (tertiary/aromatic N) is 1. The summed E-state index contributed by atoms with van der Waals surface area (Å²) in [6, 6.07) is 11.5. The number of carbonyl (C=O) groups excluding carboxylic acids is 1. The third-order valence-corrected chi connectivity index (χ3v) is 6.06. The first-order valence-electron chi connectivity index (χ1n) is 7.90. The van der Waals surface area contributed by atoms with Crippen LogP contribution in [0.4, 0.5) is 13.2 Å². The van der Waals surface area contributed by atoms with Crippen LogP contribution < -0.4 is 4.74 Å². The zero-order valence-corrected chi connectivity index (χ0v) is 16.9. The van der Waals surface area contributed by atoms with Gasteiger partial charge in [-0.25, -0.2) is 0 Å². The van der Waals surface area contributed by atoms with E-state index in [4.69, 9.17) is 16.3 Å². The topological polar surface area (TPSA) is 31.2 Å². The predicted octanol–water partition coefficient (Wildman–Crippen LogP) is 5.02. The number of hydrogen-bond acceptors (Lipinski definition) is 2. The molecule has 0 radical (unpaired) electrons. The Bertz CT molecular complexity index is 997. The van der Waals surface area contributed by atoms with E-state index >= 15 is 0 Å². The number of halogens is 4. The summed E-state index contributed by atoms with van der Waals surface area (Å²) in [6.07, 6.45) is 0. The molecule has 3 nitrogen and oxygen atoms in total. The number of methoxy groups -OCH3 is 1. The molecule has 0 saturated carbocycles. The van der Waals surface area contributed by atoms with Crippen molar-refractivity contribution in [3.05, 3.63) is 64.3 Å². The van der Waals surface area contributed by atoms with Gasteiger partial charge >= 0.3 is 165 Å². The standard InChI is InChI=1S/C19H15ClF3NO2Se/c1-11-16(10-27-19(21,22)23)15-9-14(26-2)7-8-17(15)24(11)18(25)12-3-5-13(20)6-4-12/h3-9H,10H2,1-2H3. The Balaban J connectivity index is 2.15. The van der Waals surface area contributed by atoms with Crippen LogP contribution in [0.5, 0.6) is 5.75 Å². The Morgan fingerprint density at radius 2 is 1.85 bits per heavy atom. The van der Waals surface area contributed by atoms with Crippen molar-refractivity contribution in [3.8, 4) is 5.75 Å². The van der Waals surface area contributed by atoms with E-state index < -0.39 is 20.0 Å². The second kappa shape index (κ2) is 7.58. The monoisotopic (exact) mass is 461 g/mol. The van der Waals surface area contributed by atoms with Crippen molar-refractivity contribution >= 4 is 43.4 Å². The van der Waals surface area contributed by atoms with Gasteiger partial charge in [-0.15, -0.1) is 0 Å². The quantitative estimate of drug-likeness (QED) is 0.512. The number of hydrogen-bond donors (Lipinski definition) is 0. The van der Waals surface area contributed by atoms with Crippen molar-refractivity contribution in [2.24, 2.45) is 0 Å². The van der Waals surface area contributed by atoms with Crippen molar-refractivity contribution in [2.45, 2.75) is 17.3 Å². The zero-order chi connectivity index (χ0) is 19.8. The van der Waals surface area contributed by atoms with Crippen LogP contribution in [0.15, 0.2) is 42.5 Å². The first-order valence-corrected chi connectivity index (χ1v) is 10.3. The first-order chi connectivity index (χ1) is 12.7. The molecule has 1 aromatic heterocycles. The van der Waals surface area contributed by atoms with Crippen LogP contribution in [0, 0.1) is 6.92 Å². The van der Waals surface area contributed by atoms with E-state index in [0.717, 1.165) is 0 Å². The number of fused-ring (bicyclic) bond motifs is 1. The molecule has 0 aliphatic rings. The maximum absolute atomic E-state index is 13.0. The minimum atomic E-state index is -4.22. The van der Waals surface area contributed by atoms with Crippen LogP contribution >= 0.6 is 11.6 Å². The molecule has 0 aliphatic carbocycles. The molecule has 2 aromatic carbocycles. The second-order valence-corrected chi connectivity index (χ2v) is 8.45. The van der Waals surface area contributed by atoms with Crippen LogP contribution in [-0.2, 0) is 5.32 Å². The summed E-state index contributed by atoms with van der Waals surface area (Å²) in [5.41, 5.74) is 1.98. The normalized spacial score (nSPS) is 11.8. The molecule has 3 rings (SSSR count). The summed E-state index contributed by atoms with van der Waals surface area (Å²) in [6.45, 7) is 1.67. The van der Waals surface area contributed by atoms with Crippen LogP contribution in [0.25, 0.3) is 10.9 Å². The number of ether oxygens (including phenoxy) is 1. The summed E-state index contributed by atoms with van der Waals surface area (Å²) >= 11 is 4.29. The molecule has 27 heavy (non-hydrogen) atoms. The molecule has 0 fully saturated rings. The fourth-order valence-corrected chi connectivity index (χ4v) is 4.45. The van der Waals surface area contributed by atoms with Gasteiger partial charge < -0.3 is 0 Å². The fourth-order valence-electron chi connectivity index (χ4n) is 2.91. The van der Waals surface area contributed by atoms with Crippen molar-refractivity contribution in [3.63, 3.8) is 0 Å². The third kappa shape index (κ3) is 4.15. The van der Waals surface area contributed by atoms with Crippen LogP contribution in [0.3, 0.4) is 0 Å². The Kier molecular flexibility index (Phi) is 5.56. The molecule has 0 amide bonds. The number of aromatic nitrogens is 1. The second-order valence-electron chi connectivity index (χ2n) is 5.83. The van der Waals surface area contributed by atoms with E-state index in [-0.39, 0.29) is 11.2 Å². The van der Waals surface area contributed by atoms with Crippen LogP contribution in [0.1, 0.15) is 21.6 Å². The molecule has 0 unspecified atom stereocenters. The van der Waals surface area contributed by atoms with Gasteiger partial charge in [0.25, 0.3) is 0 Å². The van der Waals surface area contributed by atoms with Crippen molar-refractivity contribution < 1.29 is 22.7 Å².